The van der Waals surface area contributed by atoms with Crippen molar-refractivity contribution in [1.82, 2.24) is 37.2 Å². The van der Waals surface area contributed by atoms with Crippen LogP contribution < -0.4 is 43.0 Å². The maximum absolute atomic E-state index is 12.0. The number of aliphatic hydroxyl groups is 2. The zero-order valence-corrected chi connectivity index (χ0v) is 19.5. The van der Waals surface area contributed by atoms with E-state index in [1.807, 2.05) is 5.32 Å². The molecule has 208 valence electrons. The van der Waals surface area contributed by atoms with Gasteiger partial charge in [-0.25, -0.2) is 4.79 Å². The first-order valence-corrected chi connectivity index (χ1v) is 10.5. The van der Waals surface area contributed by atoms with E-state index in [1.54, 1.807) is 0 Å². The number of nitrogens with two attached hydrogens (primary N) is 1. The Hall–Kier alpha value is -4.36. The number of carbonyl (C=O) groups excluding carboxylic acids is 7. The number of hydrogen-bond acceptors (Lipinski definition) is 11. The van der Waals surface area contributed by atoms with Gasteiger partial charge in [0.2, 0.25) is 41.4 Å². The molecule has 0 aliphatic heterocycles. The monoisotopic (exact) mass is 534 g/mol. The van der Waals surface area contributed by atoms with Crippen LogP contribution in [0.3, 0.4) is 0 Å². The lowest BCUT2D eigenvalue weighted by Crippen LogP contribution is -2.53. The van der Waals surface area contributed by atoms with Crippen molar-refractivity contribution in [2.24, 2.45) is 5.73 Å². The van der Waals surface area contributed by atoms with E-state index in [2.05, 4.69) is 31.9 Å². The van der Waals surface area contributed by atoms with Gasteiger partial charge in [-0.15, -0.1) is 0 Å². The molecule has 0 aromatic carbocycles. The van der Waals surface area contributed by atoms with Gasteiger partial charge in [-0.2, -0.15) is 0 Å². The van der Waals surface area contributed by atoms with E-state index in [0.29, 0.717) is 0 Å². The maximum Gasteiger partial charge on any atom is 0.328 e. The van der Waals surface area contributed by atoms with Gasteiger partial charge >= 0.3 is 5.97 Å². The zero-order chi connectivity index (χ0) is 28.4. The number of hydrogen-bond donors (Lipinski definition) is 11. The Kier molecular flexibility index (Phi) is 15.9. The lowest BCUT2D eigenvalue weighted by atomic mass is 10.3. The molecule has 0 bridgehead atoms. The number of aliphatic hydroxyl groups excluding tert-OH is 2. The average molecular weight is 534 g/mol. The van der Waals surface area contributed by atoms with Crippen LogP contribution in [0.1, 0.15) is 0 Å². The van der Waals surface area contributed by atoms with E-state index in [-0.39, 0.29) is 6.54 Å². The van der Waals surface area contributed by atoms with Crippen molar-refractivity contribution >= 4 is 47.3 Å². The molecule has 2 atom stereocenters. The highest BCUT2D eigenvalue weighted by atomic mass is 16.4. The molecule has 0 fully saturated rings. The van der Waals surface area contributed by atoms with Gasteiger partial charge < -0.3 is 58.3 Å². The van der Waals surface area contributed by atoms with Crippen molar-refractivity contribution in [3.05, 3.63) is 0 Å². The summed E-state index contributed by atoms with van der Waals surface area (Å²) in [6.45, 7) is -4.91. The smallest absolute Gasteiger partial charge is 0.328 e. The number of nitrogens with one attached hydrogen (secondary N) is 7. The van der Waals surface area contributed by atoms with Crippen LogP contribution >= 0.6 is 0 Å². The third kappa shape index (κ3) is 15.3. The molecule has 0 aliphatic carbocycles. The van der Waals surface area contributed by atoms with Crippen LogP contribution in [-0.2, 0) is 38.4 Å². The Morgan fingerprint density at radius 2 is 0.892 bits per heavy atom. The molecular formula is C18H30N8O11. The molecule has 7 amide bonds. The predicted molar refractivity (Wildman–Crippen MR) is 120 cm³/mol. The van der Waals surface area contributed by atoms with Crippen LogP contribution in [0.4, 0.5) is 0 Å². The number of amides is 7. The molecule has 0 aliphatic rings. The van der Waals surface area contributed by atoms with E-state index >= 15 is 0 Å². The zero-order valence-electron chi connectivity index (χ0n) is 19.5. The van der Waals surface area contributed by atoms with Crippen LogP contribution in [0.5, 0.6) is 0 Å². The molecule has 0 radical (unpaired) electrons. The van der Waals surface area contributed by atoms with E-state index < -0.39 is 105 Å². The van der Waals surface area contributed by atoms with Crippen LogP contribution in [-0.4, -0.2) is 127 Å². The van der Waals surface area contributed by atoms with Gasteiger partial charge in [0.1, 0.15) is 12.1 Å². The Morgan fingerprint density at radius 1 is 0.541 bits per heavy atom. The van der Waals surface area contributed by atoms with Crippen LogP contribution in [0.2, 0.25) is 0 Å². The quantitative estimate of drug-likeness (QED) is 0.0829. The molecule has 0 spiro atoms. The summed E-state index contributed by atoms with van der Waals surface area (Å²) in [4.78, 5) is 92.0. The van der Waals surface area contributed by atoms with Gasteiger partial charge in [0.25, 0.3) is 0 Å². The first-order chi connectivity index (χ1) is 17.4. The largest absolute Gasteiger partial charge is 0.480 e. The standard InChI is InChI=1S/C18H30N8O11/c19-1-11(29)20-2-12(30)22-5-15(33)25-9(7-27)17(35)24-4-14(32)21-3-13(31)23-6-16(34)26-10(8-28)18(36)37/h9-10,27-28H,1-8,19H2,(H,20,29)(H,21,32)(H,22,30)(H,23,31)(H,24,35)(H,25,33)(H,26,34)(H,36,37)/t9-,10-/m0/s1. The second-order valence-electron chi connectivity index (χ2n) is 6.97. The second-order valence-corrected chi connectivity index (χ2v) is 6.97. The third-order valence-electron chi connectivity index (χ3n) is 4.04. The summed E-state index contributed by atoms with van der Waals surface area (Å²) in [6.07, 6.45) is 0. The first-order valence-electron chi connectivity index (χ1n) is 10.5. The molecule has 0 aromatic heterocycles. The highest BCUT2D eigenvalue weighted by Crippen LogP contribution is 1.84. The summed E-state index contributed by atoms with van der Waals surface area (Å²) < 4.78 is 0. The molecule has 0 saturated carbocycles. The van der Waals surface area contributed by atoms with Gasteiger partial charge in [-0.05, 0) is 0 Å². The Bertz CT molecular complexity index is 867. The van der Waals surface area contributed by atoms with Gasteiger partial charge in [0.15, 0.2) is 0 Å². The van der Waals surface area contributed by atoms with E-state index in [4.69, 9.17) is 15.9 Å². The van der Waals surface area contributed by atoms with E-state index in [9.17, 15) is 43.5 Å². The van der Waals surface area contributed by atoms with Crippen molar-refractivity contribution in [3.63, 3.8) is 0 Å². The predicted octanol–water partition coefficient (Wildman–Crippen LogP) is -8.44. The topological polar surface area (TPSA) is 307 Å². The Morgan fingerprint density at radius 3 is 1.27 bits per heavy atom. The van der Waals surface area contributed by atoms with E-state index in [0.717, 1.165) is 0 Å². The highest BCUT2D eigenvalue weighted by molar-refractivity contribution is 5.94. The normalized spacial score (nSPS) is 11.6. The van der Waals surface area contributed by atoms with Crippen molar-refractivity contribution in [1.29, 1.82) is 0 Å². The van der Waals surface area contributed by atoms with E-state index in [1.165, 1.54) is 0 Å². The molecule has 0 aromatic rings. The van der Waals surface area contributed by atoms with Crippen LogP contribution in [0, 0.1) is 0 Å². The molecule has 19 nitrogen and oxygen atoms in total. The lowest BCUT2D eigenvalue weighted by Gasteiger charge is -2.16. The van der Waals surface area contributed by atoms with Gasteiger partial charge in [0.05, 0.1) is 52.5 Å². The number of carbonyl (C=O) groups is 8. The molecule has 0 heterocycles. The molecule has 0 saturated heterocycles. The highest BCUT2D eigenvalue weighted by Gasteiger charge is 2.21. The van der Waals surface area contributed by atoms with Gasteiger partial charge in [-0.1, -0.05) is 0 Å². The fraction of sp³-hybridized carbons (Fsp3) is 0.556. The summed E-state index contributed by atoms with van der Waals surface area (Å²) in [5.74, 6) is -7.14. The van der Waals surface area contributed by atoms with Crippen LogP contribution in [0.25, 0.3) is 0 Å². The van der Waals surface area contributed by atoms with Gasteiger partial charge in [-0.3, -0.25) is 33.6 Å². The minimum absolute atomic E-state index is 0.326. The third-order valence-corrected chi connectivity index (χ3v) is 4.04. The molecule has 0 rings (SSSR count). The Labute approximate surface area is 209 Å². The number of carboxylic acid groups (broad SMARTS) is 1. The summed E-state index contributed by atoms with van der Waals surface area (Å²) >= 11 is 0. The summed E-state index contributed by atoms with van der Waals surface area (Å²) in [5.41, 5.74) is 5.05. The number of carboxylic acids is 1. The van der Waals surface area contributed by atoms with Crippen molar-refractivity contribution in [3.8, 4) is 0 Å². The first kappa shape index (κ1) is 32.6. The molecular weight excluding hydrogens is 504 g/mol. The van der Waals surface area contributed by atoms with Crippen LogP contribution in [0.15, 0.2) is 0 Å². The van der Waals surface area contributed by atoms with Crippen molar-refractivity contribution in [2.45, 2.75) is 12.1 Å². The summed E-state index contributed by atoms with van der Waals surface area (Å²) in [6, 6.07) is -3.01. The summed E-state index contributed by atoms with van der Waals surface area (Å²) in [7, 11) is 0. The number of aliphatic carboxylic acids is 1. The molecule has 37 heavy (non-hydrogen) atoms. The second kappa shape index (κ2) is 18.0. The van der Waals surface area contributed by atoms with Crippen molar-refractivity contribution < 1.29 is 53.7 Å². The molecule has 12 N–H and O–H groups in total. The fourth-order valence-electron chi connectivity index (χ4n) is 2.14. The molecule has 19 heteroatoms. The Balaban J connectivity index is 4.28. The summed E-state index contributed by atoms with van der Waals surface area (Å²) in [5, 5.41) is 41.5. The SMILES string of the molecule is NCC(=O)NCC(=O)NCC(=O)N[C@@H](CO)C(=O)NCC(=O)NCC(=O)NCC(=O)N[C@@H](CO)C(=O)O. The number of rotatable bonds is 17. The fourth-order valence-corrected chi connectivity index (χ4v) is 2.14. The van der Waals surface area contributed by atoms with Gasteiger partial charge in [0, 0.05) is 0 Å². The molecule has 0 unspecified atom stereocenters. The maximum atomic E-state index is 12.0. The minimum atomic E-state index is -1.55. The lowest BCUT2D eigenvalue weighted by molar-refractivity contribution is -0.142. The average Bonchev–Trinajstić information content (AvgIpc) is 2.87. The van der Waals surface area contributed by atoms with Crippen molar-refractivity contribution in [2.75, 3.05) is 52.5 Å². The minimum Gasteiger partial charge on any atom is -0.480 e.